The quantitative estimate of drug-likeness (QED) is 0.505. The Labute approximate surface area is 168 Å². The van der Waals surface area contributed by atoms with Gasteiger partial charge in [-0.25, -0.2) is 9.18 Å². The van der Waals surface area contributed by atoms with Crippen LogP contribution in [-0.2, 0) is 4.74 Å². The molecule has 30 heavy (non-hydrogen) atoms. The Balaban J connectivity index is 1.83. The van der Waals surface area contributed by atoms with E-state index < -0.39 is 29.2 Å². The second-order valence-corrected chi connectivity index (χ2v) is 6.51. The third-order valence-electron chi connectivity index (χ3n) is 4.77. The van der Waals surface area contributed by atoms with Gasteiger partial charge in [0.25, 0.3) is 17.4 Å². The van der Waals surface area contributed by atoms with E-state index in [0.717, 1.165) is 17.7 Å². The molecule has 150 valence electrons. The van der Waals surface area contributed by atoms with Crippen molar-refractivity contribution >= 4 is 23.6 Å². The number of benzene rings is 2. The molecule has 1 aliphatic rings. The van der Waals surface area contributed by atoms with Crippen LogP contribution in [0, 0.1) is 5.82 Å². The number of esters is 1. The summed E-state index contributed by atoms with van der Waals surface area (Å²) in [5.74, 6) is -3.09. The van der Waals surface area contributed by atoms with Crippen molar-refractivity contribution in [1.82, 2.24) is 9.88 Å². The number of nitrogen functional groups attached to an aromatic ring is 1. The van der Waals surface area contributed by atoms with Gasteiger partial charge in [0, 0.05) is 6.07 Å². The van der Waals surface area contributed by atoms with Crippen molar-refractivity contribution in [3.8, 4) is 16.8 Å². The Morgan fingerprint density at radius 2 is 1.77 bits per heavy atom. The van der Waals surface area contributed by atoms with Gasteiger partial charge in [0.2, 0.25) is 0 Å². The number of anilines is 1. The lowest BCUT2D eigenvalue weighted by Gasteiger charge is -2.13. The summed E-state index contributed by atoms with van der Waals surface area (Å²) < 4.78 is 19.9. The molecule has 0 saturated carbocycles. The Kier molecular flexibility index (Phi) is 4.42. The third kappa shape index (κ3) is 2.93. The van der Waals surface area contributed by atoms with Crippen molar-refractivity contribution in [2.45, 2.75) is 0 Å². The van der Waals surface area contributed by atoms with Crippen molar-refractivity contribution in [3.63, 3.8) is 0 Å². The van der Waals surface area contributed by atoms with Gasteiger partial charge in [-0.1, -0.05) is 18.2 Å². The van der Waals surface area contributed by atoms with Gasteiger partial charge in [-0.15, -0.1) is 0 Å². The maximum absolute atomic E-state index is 14.3. The van der Waals surface area contributed by atoms with Crippen LogP contribution in [0.2, 0.25) is 0 Å². The fourth-order valence-corrected chi connectivity index (χ4v) is 3.34. The highest BCUT2D eigenvalue weighted by atomic mass is 19.1. The molecule has 0 spiro atoms. The van der Waals surface area contributed by atoms with Crippen LogP contribution in [-0.4, -0.2) is 29.5 Å². The Morgan fingerprint density at radius 1 is 1.03 bits per heavy atom. The van der Waals surface area contributed by atoms with E-state index in [4.69, 9.17) is 5.73 Å². The highest BCUT2D eigenvalue weighted by Crippen LogP contribution is 2.27. The molecule has 0 saturated heterocycles. The Hall–Kier alpha value is -4.27. The largest absolute Gasteiger partial charge is 0.465 e. The van der Waals surface area contributed by atoms with Crippen LogP contribution >= 0.6 is 0 Å². The molecule has 2 amide bonds. The molecule has 4 rings (SSSR count). The van der Waals surface area contributed by atoms with Crippen molar-refractivity contribution in [1.29, 1.82) is 0 Å². The topological polar surface area (TPSA) is 120 Å². The number of carbonyl (C=O) groups excluding carboxylic acids is 3. The summed E-state index contributed by atoms with van der Waals surface area (Å²) in [5.41, 5.74) is 6.40. The van der Waals surface area contributed by atoms with Crippen LogP contribution < -0.4 is 16.6 Å². The highest BCUT2D eigenvalue weighted by molar-refractivity contribution is 6.23. The van der Waals surface area contributed by atoms with Crippen LogP contribution in [0.15, 0.2) is 53.3 Å². The lowest BCUT2D eigenvalue weighted by atomic mass is 10.0. The maximum atomic E-state index is 14.3. The van der Waals surface area contributed by atoms with Crippen LogP contribution in [0.4, 0.5) is 10.2 Å². The van der Waals surface area contributed by atoms with Crippen molar-refractivity contribution in [3.05, 3.63) is 81.4 Å². The van der Waals surface area contributed by atoms with Gasteiger partial charge in [-0.05, 0) is 35.4 Å². The number of ether oxygens (including phenoxy) is 1. The molecule has 1 aromatic heterocycles. The van der Waals surface area contributed by atoms with Crippen LogP contribution in [0.3, 0.4) is 0 Å². The fraction of sp³-hybridized carbons (Fsp3) is 0.0476. The van der Waals surface area contributed by atoms with Crippen LogP contribution in [0.25, 0.3) is 16.8 Å². The molecule has 3 N–H and O–H groups in total. The van der Waals surface area contributed by atoms with E-state index in [9.17, 15) is 23.6 Å². The highest BCUT2D eigenvalue weighted by Gasteiger charge is 2.31. The number of hydrogen-bond donors (Lipinski definition) is 2. The summed E-state index contributed by atoms with van der Waals surface area (Å²) in [4.78, 5) is 48.0. The van der Waals surface area contributed by atoms with E-state index in [0.29, 0.717) is 16.8 Å². The van der Waals surface area contributed by atoms with E-state index in [1.165, 1.54) is 18.2 Å². The van der Waals surface area contributed by atoms with Crippen LogP contribution in [0.5, 0.6) is 0 Å². The smallest absolute Gasteiger partial charge is 0.340 e. The second-order valence-electron chi connectivity index (χ2n) is 6.51. The minimum absolute atomic E-state index is 0.0709. The average Bonchev–Trinajstić information content (AvgIpc) is 3.01. The number of nitrogens with zero attached hydrogens (tertiary/aromatic N) is 1. The molecule has 9 heteroatoms. The number of carbonyl (C=O) groups is 3. The normalized spacial score (nSPS) is 12.5. The first kappa shape index (κ1) is 19.1. The number of imide groups is 1. The number of nitrogens with one attached hydrogen (secondary N) is 1. The zero-order valence-electron chi connectivity index (χ0n) is 15.6. The summed E-state index contributed by atoms with van der Waals surface area (Å²) in [7, 11) is 1.16. The van der Waals surface area contributed by atoms with Gasteiger partial charge >= 0.3 is 5.97 Å². The SMILES string of the molecule is COC(=O)c1ccc(-c2cccc(-n3c(N)c4c(cc3=O)C(=O)NC4=O)c2)cc1F. The number of nitrogens with two attached hydrogens (primary N) is 1. The van der Waals surface area contributed by atoms with Crippen LogP contribution in [0.1, 0.15) is 31.1 Å². The number of fused-ring (bicyclic) bond motifs is 1. The molecular formula is C21H14FN3O5. The minimum Gasteiger partial charge on any atom is -0.465 e. The predicted molar refractivity (Wildman–Crippen MR) is 105 cm³/mol. The van der Waals surface area contributed by atoms with E-state index in [2.05, 4.69) is 10.1 Å². The van der Waals surface area contributed by atoms with E-state index in [1.807, 2.05) is 0 Å². The molecule has 0 unspecified atom stereocenters. The van der Waals surface area contributed by atoms with Crippen molar-refractivity contribution < 1.29 is 23.5 Å². The standard InChI is InChI=1S/C21H14FN3O5/c1-30-21(29)13-6-5-11(8-15(13)22)10-3-2-4-12(7-10)25-16(26)9-14-17(18(25)23)20(28)24-19(14)27/h2-9H,23H2,1H3,(H,24,27,28). The molecule has 0 bridgehead atoms. The fourth-order valence-electron chi connectivity index (χ4n) is 3.34. The average molecular weight is 407 g/mol. The number of halogens is 1. The first-order chi connectivity index (χ1) is 14.3. The zero-order valence-corrected chi connectivity index (χ0v) is 15.6. The van der Waals surface area contributed by atoms with Gasteiger partial charge in [-0.2, -0.15) is 0 Å². The summed E-state index contributed by atoms with van der Waals surface area (Å²) >= 11 is 0. The van der Waals surface area contributed by atoms with E-state index in [-0.39, 0.29) is 22.5 Å². The third-order valence-corrected chi connectivity index (χ3v) is 4.77. The lowest BCUT2D eigenvalue weighted by molar-refractivity contribution is 0.0595. The summed E-state index contributed by atoms with van der Waals surface area (Å²) in [6.07, 6.45) is 0. The number of aromatic nitrogens is 1. The molecule has 0 aliphatic carbocycles. The molecule has 0 fully saturated rings. The molecule has 8 nitrogen and oxygen atoms in total. The molecule has 0 radical (unpaired) electrons. The van der Waals surface area contributed by atoms with Gasteiger partial charge in [0.15, 0.2) is 0 Å². The van der Waals surface area contributed by atoms with E-state index in [1.54, 1.807) is 24.3 Å². The number of rotatable bonds is 3. The van der Waals surface area contributed by atoms with Gasteiger partial charge < -0.3 is 10.5 Å². The minimum atomic E-state index is -0.793. The van der Waals surface area contributed by atoms with E-state index >= 15 is 0 Å². The molecule has 0 atom stereocenters. The monoisotopic (exact) mass is 407 g/mol. The summed E-state index contributed by atoms with van der Waals surface area (Å²) in [6.45, 7) is 0. The first-order valence-corrected chi connectivity index (χ1v) is 8.71. The molecular weight excluding hydrogens is 393 g/mol. The molecule has 2 heterocycles. The molecule has 3 aromatic rings. The summed E-state index contributed by atoms with van der Waals surface area (Å²) in [6, 6.07) is 11.5. The lowest BCUT2D eigenvalue weighted by Crippen LogP contribution is -2.24. The first-order valence-electron chi connectivity index (χ1n) is 8.71. The zero-order chi connectivity index (χ0) is 21.6. The molecule has 2 aromatic carbocycles. The maximum Gasteiger partial charge on any atom is 0.340 e. The summed E-state index contributed by atoms with van der Waals surface area (Å²) in [5, 5.41) is 2.10. The van der Waals surface area contributed by atoms with Crippen molar-refractivity contribution in [2.24, 2.45) is 0 Å². The predicted octanol–water partition coefficient (Wildman–Crippen LogP) is 1.90. The number of hydrogen-bond acceptors (Lipinski definition) is 6. The van der Waals surface area contributed by atoms with Gasteiger partial charge in [0.1, 0.15) is 11.6 Å². The van der Waals surface area contributed by atoms with Gasteiger partial charge in [-0.3, -0.25) is 24.3 Å². The molecule has 1 aliphatic heterocycles. The number of methoxy groups -OCH3 is 1. The number of pyridine rings is 1. The van der Waals surface area contributed by atoms with Gasteiger partial charge in [0.05, 0.1) is 29.5 Å². The van der Waals surface area contributed by atoms with Crippen molar-refractivity contribution in [2.75, 3.05) is 12.8 Å². The Morgan fingerprint density at radius 3 is 2.47 bits per heavy atom. The number of amides is 2. The Bertz CT molecular complexity index is 1310. The second kappa shape index (κ2) is 6.96.